The molecular weight excluding hydrogens is 192 g/mol. The first-order chi connectivity index (χ1) is 7.15. The van der Waals surface area contributed by atoms with Crippen LogP contribution in [0.4, 0.5) is 0 Å². The summed E-state index contributed by atoms with van der Waals surface area (Å²) in [5.74, 6) is -0.699. The highest BCUT2D eigenvalue weighted by atomic mass is 16.4. The molecule has 0 aliphatic carbocycles. The van der Waals surface area contributed by atoms with Gasteiger partial charge in [0.25, 0.3) is 0 Å². The summed E-state index contributed by atoms with van der Waals surface area (Å²) in [5.41, 5.74) is 0. The topological polar surface area (TPSA) is 52.6 Å². The molecule has 2 N–H and O–H groups in total. The van der Waals surface area contributed by atoms with Gasteiger partial charge in [0.15, 0.2) is 0 Å². The third-order valence-corrected chi connectivity index (χ3v) is 3.18. The van der Waals surface area contributed by atoms with Gasteiger partial charge < -0.3 is 10.4 Å². The van der Waals surface area contributed by atoms with E-state index < -0.39 is 5.97 Å². The highest BCUT2D eigenvalue weighted by Crippen LogP contribution is 2.16. The molecule has 0 bridgehead atoms. The van der Waals surface area contributed by atoms with E-state index in [9.17, 15) is 4.79 Å². The molecule has 0 saturated carbocycles. The Bertz CT molecular complexity index is 203. The molecule has 0 aromatic rings. The van der Waals surface area contributed by atoms with Gasteiger partial charge in [-0.25, -0.2) is 0 Å². The quantitative estimate of drug-likeness (QED) is 0.714. The molecule has 1 rings (SSSR count). The molecule has 1 heterocycles. The van der Waals surface area contributed by atoms with E-state index >= 15 is 0 Å². The molecule has 88 valence electrons. The van der Waals surface area contributed by atoms with E-state index in [0.29, 0.717) is 6.04 Å². The number of rotatable bonds is 5. The van der Waals surface area contributed by atoms with Gasteiger partial charge in [-0.1, -0.05) is 6.92 Å². The van der Waals surface area contributed by atoms with E-state index in [1.165, 1.54) is 0 Å². The maximum atomic E-state index is 10.7. The van der Waals surface area contributed by atoms with Crippen molar-refractivity contribution >= 4 is 5.97 Å². The van der Waals surface area contributed by atoms with Crippen LogP contribution in [-0.4, -0.2) is 47.7 Å². The van der Waals surface area contributed by atoms with Crippen molar-refractivity contribution in [1.29, 1.82) is 0 Å². The molecule has 1 unspecified atom stereocenters. The van der Waals surface area contributed by atoms with E-state index in [0.717, 1.165) is 32.5 Å². The molecule has 0 spiro atoms. The molecule has 4 heteroatoms. The summed E-state index contributed by atoms with van der Waals surface area (Å²) in [6, 6.07) is 0.709. The van der Waals surface area contributed by atoms with Crippen molar-refractivity contribution in [2.24, 2.45) is 0 Å². The van der Waals surface area contributed by atoms with Crippen LogP contribution in [0.1, 0.15) is 33.1 Å². The molecular formula is C11H22N2O2. The summed E-state index contributed by atoms with van der Waals surface area (Å²) in [5, 5.41) is 12.1. The van der Waals surface area contributed by atoms with Crippen LogP contribution in [0.3, 0.4) is 0 Å². The number of nitrogens with one attached hydrogen (secondary N) is 1. The number of hydrogen-bond donors (Lipinski definition) is 2. The maximum Gasteiger partial charge on any atom is 0.304 e. The Hall–Kier alpha value is -0.610. The van der Waals surface area contributed by atoms with Crippen LogP contribution in [-0.2, 0) is 4.79 Å². The second kappa shape index (κ2) is 6.08. The lowest BCUT2D eigenvalue weighted by molar-refractivity contribution is -0.138. The molecule has 4 nitrogen and oxygen atoms in total. The lowest BCUT2D eigenvalue weighted by Gasteiger charge is -2.37. The SMILES string of the molecule is CCN(C(C)CC(=O)O)C1CCNCC1. The number of hydrogen-bond acceptors (Lipinski definition) is 3. The van der Waals surface area contributed by atoms with Gasteiger partial charge >= 0.3 is 5.97 Å². The Morgan fingerprint density at radius 3 is 2.60 bits per heavy atom. The number of aliphatic carboxylic acids is 1. The summed E-state index contributed by atoms with van der Waals surface area (Å²) in [6.07, 6.45) is 2.52. The van der Waals surface area contributed by atoms with E-state index in [1.54, 1.807) is 0 Å². The Labute approximate surface area is 91.6 Å². The average molecular weight is 214 g/mol. The van der Waals surface area contributed by atoms with Crippen LogP contribution in [0.5, 0.6) is 0 Å². The van der Waals surface area contributed by atoms with Gasteiger partial charge in [-0.15, -0.1) is 0 Å². The van der Waals surface area contributed by atoms with Crippen molar-refractivity contribution in [1.82, 2.24) is 10.2 Å². The summed E-state index contributed by atoms with van der Waals surface area (Å²) >= 11 is 0. The van der Waals surface area contributed by atoms with Gasteiger partial charge in [0.05, 0.1) is 6.42 Å². The normalized spacial score (nSPS) is 20.5. The summed E-state index contributed by atoms with van der Waals surface area (Å²) in [6.45, 7) is 7.18. The van der Waals surface area contributed by atoms with Gasteiger partial charge in [0.2, 0.25) is 0 Å². The zero-order valence-electron chi connectivity index (χ0n) is 9.70. The van der Waals surface area contributed by atoms with Crippen LogP contribution in [0.2, 0.25) is 0 Å². The van der Waals surface area contributed by atoms with Crippen molar-refractivity contribution in [2.45, 2.75) is 45.2 Å². The molecule has 1 aliphatic heterocycles. The highest BCUT2D eigenvalue weighted by Gasteiger charge is 2.24. The first-order valence-corrected chi connectivity index (χ1v) is 5.83. The first-order valence-electron chi connectivity index (χ1n) is 5.83. The molecule has 0 radical (unpaired) electrons. The smallest absolute Gasteiger partial charge is 0.304 e. The number of carboxylic acids is 1. The lowest BCUT2D eigenvalue weighted by Crippen LogP contribution is -2.47. The number of carboxylic acid groups (broad SMARTS) is 1. The second-order valence-corrected chi connectivity index (χ2v) is 4.26. The summed E-state index contributed by atoms with van der Waals surface area (Å²) in [7, 11) is 0. The Kier molecular flexibility index (Phi) is 5.05. The van der Waals surface area contributed by atoms with Crippen LogP contribution in [0.25, 0.3) is 0 Å². The highest BCUT2D eigenvalue weighted by molar-refractivity contribution is 5.67. The van der Waals surface area contributed by atoms with E-state index in [1.807, 2.05) is 6.92 Å². The largest absolute Gasteiger partial charge is 0.481 e. The number of nitrogens with zero attached hydrogens (tertiary/aromatic N) is 1. The third-order valence-electron chi connectivity index (χ3n) is 3.18. The molecule has 0 aromatic carbocycles. The van der Waals surface area contributed by atoms with Crippen molar-refractivity contribution in [2.75, 3.05) is 19.6 Å². The zero-order valence-corrected chi connectivity index (χ0v) is 9.70. The zero-order chi connectivity index (χ0) is 11.3. The third kappa shape index (κ3) is 3.80. The number of piperidine rings is 1. The molecule has 15 heavy (non-hydrogen) atoms. The standard InChI is InChI=1S/C11H22N2O2/c1-3-13(9(2)8-11(14)15)10-4-6-12-7-5-10/h9-10,12H,3-8H2,1-2H3,(H,14,15). The molecule has 0 aromatic heterocycles. The molecule has 1 saturated heterocycles. The number of carbonyl (C=O) groups is 1. The van der Waals surface area contributed by atoms with Gasteiger partial charge in [-0.2, -0.15) is 0 Å². The van der Waals surface area contributed by atoms with Gasteiger partial charge in [-0.3, -0.25) is 9.69 Å². The monoisotopic (exact) mass is 214 g/mol. The van der Waals surface area contributed by atoms with Crippen LogP contribution in [0.15, 0.2) is 0 Å². The van der Waals surface area contributed by atoms with Crippen molar-refractivity contribution in [3.8, 4) is 0 Å². The maximum absolute atomic E-state index is 10.7. The van der Waals surface area contributed by atoms with Crippen LogP contribution < -0.4 is 5.32 Å². The summed E-state index contributed by atoms with van der Waals surface area (Å²) < 4.78 is 0. The predicted octanol–water partition coefficient (Wildman–Crippen LogP) is 0.923. The fourth-order valence-electron chi connectivity index (χ4n) is 2.44. The Balaban J connectivity index is 2.48. The van der Waals surface area contributed by atoms with E-state index in [4.69, 9.17) is 5.11 Å². The average Bonchev–Trinajstić information content (AvgIpc) is 2.19. The van der Waals surface area contributed by atoms with E-state index in [2.05, 4.69) is 17.1 Å². The molecule has 1 aliphatic rings. The van der Waals surface area contributed by atoms with Gasteiger partial charge in [0.1, 0.15) is 0 Å². The predicted molar refractivity (Wildman–Crippen MR) is 60.0 cm³/mol. The van der Waals surface area contributed by atoms with Crippen LogP contribution >= 0.6 is 0 Å². The van der Waals surface area contributed by atoms with Crippen molar-refractivity contribution in [3.63, 3.8) is 0 Å². The van der Waals surface area contributed by atoms with Crippen molar-refractivity contribution < 1.29 is 9.90 Å². The first kappa shape index (κ1) is 12.5. The summed E-state index contributed by atoms with van der Waals surface area (Å²) in [4.78, 5) is 13.0. The van der Waals surface area contributed by atoms with E-state index in [-0.39, 0.29) is 12.5 Å². The van der Waals surface area contributed by atoms with Crippen molar-refractivity contribution in [3.05, 3.63) is 0 Å². The second-order valence-electron chi connectivity index (χ2n) is 4.26. The Morgan fingerprint density at radius 1 is 1.53 bits per heavy atom. The molecule has 1 fully saturated rings. The molecule has 1 atom stereocenters. The minimum absolute atomic E-state index is 0.149. The van der Waals surface area contributed by atoms with Gasteiger partial charge in [-0.05, 0) is 39.4 Å². The van der Waals surface area contributed by atoms with Gasteiger partial charge in [0, 0.05) is 12.1 Å². The fraction of sp³-hybridized carbons (Fsp3) is 0.909. The minimum atomic E-state index is -0.699. The lowest BCUT2D eigenvalue weighted by atomic mass is 10.0. The fourth-order valence-corrected chi connectivity index (χ4v) is 2.44. The van der Waals surface area contributed by atoms with Crippen LogP contribution in [0, 0.1) is 0 Å². The minimum Gasteiger partial charge on any atom is -0.481 e. The molecule has 0 amide bonds. The Morgan fingerprint density at radius 2 is 2.13 bits per heavy atom.